The Morgan fingerprint density at radius 1 is 1.05 bits per heavy atom. The van der Waals surface area contributed by atoms with Crippen LogP contribution in [0.5, 0.6) is 0 Å². The minimum absolute atomic E-state index is 0.148. The summed E-state index contributed by atoms with van der Waals surface area (Å²) in [5.74, 6) is 0. The van der Waals surface area contributed by atoms with Crippen molar-refractivity contribution in [3.05, 3.63) is 68.1 Å². The van der Waals surface area contributed by atoms with Gasteiger partial charge in [0.25, 0.3) is 0 Å². The van der Waals surface area contributed by atoms with Crippen LogP contribution in [-0.2, 0) is 12.8 Å². The third kappa shape index (κ3) is 3.39. The molecule has 20 heavy (non-hydrogen) atoms. The fourth-order valence-electron chi connectivity index (χ4n) is 2.27. The Balaban J connectivity index is 2.45. The molecule has 0 radical (unpaired) electrons. The van der Waals surface area contributed by atoms with Crippen LogP contribution in [0.25, 0.3) is 0 Å². The molecule has 1 unspecified atom stereocenters. The Kier molecular flexibility index (Phi) is 5.54. The monoisotopic (exact) mass is 370 g/mol. The molecule has 106 valence electrons. The van der Waals surface area contributed by atoms with Crippen molar-refractivity contribution in [1.29, 1.82) is 0 Å². The zero-order valence-corrected chi connectivity index (χ0v) is 14.7. The van der Waals surface area contributed by atoms with E-state index in [9.17, 15) is 0 Å². The van der Waals surface area contributed by atoms with Gasteiger partial charge in [-0.25, -0.2) is 0 Å². The lowest BCUT2D eigenvalue weighted by atomic mass is 9.95. The highest BCUT2D eigenvalue weighted by Crippen LogP contribution is 2.35. The molecule has 0 amide bonds. The molecule has 0 fully saturated rings. The molecule has 0 spiro atoms. The Hall–Kier alpha value is -0.500. The summed E-state index contributed by atoms with van der Waals surface area (Å²) in [4.78, 5) is 0. The van der Waals surface area contributed by atoms with Gasteiger partial charge in [-0.1, -0.05) is 49.7 Å². The summed E-state index contributed by atoms with van der Waals surface area (Å²) in [5.41, 5.74) is 4.87. The maximum atomic E-state index is 6.70. The summed E-state index contributed by atoms with van der Waals surface area (Å²) < 4.78 is 0.881. The molecule has 3 heteroatoms. The van der Waals surface area contributed by atoms with E-state index in [4.69, 9.17) is 23.2 Å². The van der Waals surface area contributed by atoms with Gasteiger partial charge in [-0.05, 0) is 63.2 Å². The zero-order chi connectivity index (χ0) is 14.7. The van der Waals surface area contributed by atoms with E-state index >= 15 is 0 Å². The summed E-state index contributed by atoms with van der Waals surface area (Å²) >= 11 is 16.2. The molecule has 0 aliphatic carbocycles. The average Bonchev–Trinajstić information content (AvgIpc) is 2.48. The summed E-state index contributed by atoms with van der Waals surface area (Å²) in [6.07, 6.45) is 2.00. The van der Waals surface area contributed by atoms with Crippen molar-refractivity contribution >= 4 is 39.1 Å². The molecular weight excluding hydrogens is 355 g/mol. The Labute approximate surface area is 139 Å². The van der Waals surface area contributed by atoms with Gasteiger partial charge in [0.1, 0.15) is 0 Å². The largest absolute Gasteiger partial charge is 0.113 e. The summed E-state index contributed by atoms with van der Waals surface area (Å²) in [7, 11) is 0. The van der Waals surface area contributed by atoms with Gasteiger partial charge in [-0.2, -0.15) is 0 Å². The first-order valence-electron chi connectivity index (χ1n) is 6.77. The smallest absolute Gasteiger partial charge is 0.0838 e. The van der Waals surface area contributed by atoms with E-state index in [-0.39, 0.29) is 5.38 Å². The SMILES string of the molecule is CCc1ccc(CC)c(C(Cl)c2ccc(Cl)c(Br)c2)c1. The molecular formula is C17H17BrCl2. The molecule has 0 N–H and O–H groups in total. The molecule has 0 saturated carbocycles. The van der Waals surface area contributed by atoms with Crippen LogP contribution in [0.15, 0.2) is 40.9 Å². The first kappa shape index (κ1) is 15.9. The average molecular weight is 372 g/mol. The highest BCUT2D eigenvalue weighted by atomic mass is 79.9. The van der Waals surface area contributed by atoms with Gasteiger partial charge < -0.3 is 0 Å². The Morgan fingerprint density at radius 3 is 2.40 bits per heavy atom. The van der Waals surface area contributed by atoms with E-state index in [1.165, 1.54) is 16.7 Å². The van der Waals surface area contributed by atoms with Crippen LogP contribution in [0.2, 0.25) is 5.02 Å². The fraction of sp³-hybridized carbons (Fsp3) is 0.294. The second-order valence-electron chi connectivity index (χ2n) is 4.78. The summed E-state index contributed by atoms with van der Waals surface area (Å²) in [5, 5.41) is 0.556. The molecule has 0 aromatic heterocycles. The minimum atomic E-state index is -0.148. The van der Waals surface area contributed by atoms with Crippen molar-refractivity contribution in [1.82, 2.24) is 0 Å². The Bertz CT molecular complexity index is 608. The van der Waals surface area contributed by atoms with E-state index in [1.54, 1.807) is 0 Å². The topological polar surface area (TPSA) is 0 Å². The summed E-state index contributed by atoms with van der Waals surface area (Å²) in [6.45, 7) is 4.32. The van der Waals surface area contributed by atoms with E-state index < -0.39 is 0 Å². The first-order chi connectivity index (χ1) is 9.56. The quantitative estimate of drug-likeness (QED) is 0.534. The molecule has 0 bridgehead atoms. The molecule has 1 atom stereocenters. The maximum Gasteiger partial charge on any atom is 0.0838 e. The van der Waals surface area contributed by atoms with Crippen molar-refractivity contribution in [2.75, 3.05) is 0 Å². The molecule has 0 nitrogen and oxygen atoms in total. The van der Waals surface area contributed by atoms with Gasteiger partial charge >= 0.3 is 0 Å². The molecule has 2 aromatic rings. The molecule has 2 rings (SSSR count). The van der Waals surface area contributed by atoms with Crippen LogP contribution < -0.4 is 0 Å². The molecule has 2 aromatic carbocycles. The number of alkyl halides is 1. The predicted octanol–water partition coefficient (Wildman–Crippen LogP) is 6.56. The zero-order valence-electron chi connectivity index (χ0n) is 11.6. The van der Waals surface area contributed by atoms with Gasteiger partial charge in [0.05, 0.1) is 10.4 Å². The highest BCUT2D eigenvalue weighted by molar-refractivity contribution is 9.10. The van der Waals surface area contributed by atoms with Crippen LogP contribution in [0.3, 0.4) is 0 Å². The predicted molar refractivity (Wildman–Crippen MR) is 92.0 cm³/mol. The van der Waals surface area contributed by atoms with Gasteiger partial charge in [0, 0.05) is 4.47 Å². The van der Waals surface area contributed by atoms with E-state index in [0.717, 1.165) is 22.9 Å². The molecule has 0 heterocycles. The standard InChI is InChI=1S/C17H17BrCl2/c1-3-11-5-6-12(4-2)14(9-11)17(20)13-7-8-16(19)15(18)10-13/h5-10,17H,3-4H2,1-2H3. The lowest BCUT2D eigenvalue weighted by Crippen LogP contribution is -2.00. The van der Waals surface area contributed by atoms with Crippen molar-refractivity contribution in [2.24, 2.45) is 0 Å². The third-order valence-electron chi connectivity index (χ3n) is 3.51. The van der Waals surface area contributed by atoms with Gasteiger partial charge in [-0.15, -0.1) is 11.6 Å². The molecule has 0 saturated heterocycles. The number of hydrogen-bond donors (Lipinski definition) is 0. The van der Waals surface area contributed by atoms with Crippen molar-refractivity contribution in [3.8, 4) is 0 Å². The summed E-state index contributed by atoms with van der Waals surface area (Å²) in [6, 6.07) is 12.5. The number of aryl methyl sites for hydroxylation is 2. The van der Waals surface area contributed by atoms with Crippen molar-refractivity contribution in [2.45, 2.75) is 32.1 Å². The van der Waals surface area contributed by atoms with Gasteiger partial charge in [-0.3, -0.25) is 0 Å². The number of halogens is 3. The molecule has 0 aliphatic rings. The fourth-order valence-corrected chi connectivity index (χ4v) is 3.12. The normalized spacial score (nSPS) is 12.4. The number of hydrogen-bond acceptors (Lipinski definition) is 0. The Morgan fingerprint density at radius 2 is 1.80 bits per heavy atom. The van der Waals surface area contributed by atoms with Crippen LogP contribution >= 0.6 is 39.1 Å². The van der Waals surface area contributed by atoms with E-state index in [1.807, 2.05) is 18.2 Å². The van der Waals surface area contributed by atoms with Crippen molar-refractivity contribution in [3.63, 3.8) is 0 Å². The van der Waals surface area contributed by atoms with Crippen LogP contribution in [0, 0.1) is 0 Å². The van der Waals surface area contributed by atoms with Crippen molar-refractivity contribution < 1.29 is 0 Å². The van der Waals surface area contributed by atoms with Crippen LogP contribution in [0.1, 0.15) is 41.5 Å². The second kappa shape index (κ2) is 6.98. The van der Waals surface area contributed by atoms with E-state index in [2.05, 4.69) is 48.0 Å². The van der Waals surface area contributed by atoms with Crippen LogP contribution in [0.4, 0.5) is 0 Å². The minimum Gasteiger partial charge on any atom is -0.113 e. The maximum absolute atomic E-state index is 6.70. The second-order valence-corrected chi connectivity index (χ2v) is 6.47. The van der Waals surface area contributed by atoms with E-state index in [0.29, 0.717) is 5.02 Å². The first-order valence-corrected chi connectivity index (χ1v) is 8.38. The third-order valence-corrected chi connectivity index (χ3v) is 5.21. The van der Waals surface area contributed by atoms with Gasteiger partial charge in [0.15, 0.2) is 0 Å². The van der Waals surface area contributed by atoms with Crippen LogP contribution in [-0.4, -0.2) is 0 Å². The number of rotatable bonds is 4. The van der Waals surface area contributed by atoms with Gasteiger partial charge in [0.2, 0.25) is 0 Å². The lowest BCUT2D eigenvalue weighted by molar-refractivity contribution is 1.02. The lowest BCUT2D eigenvalue weighted by Gasteiger charge is -2.16. The molecule has 0 aliphatic heterocycles. The highest BCUT2D eigenvalue weighted by Gasteiger charge is 2.15. The number of benzene rings is 2.